The summed E-state index contributed by atoms with van der Waals surface area (Å²) < 4.78 is 32.8. The minimum absolute atomic E-state index is 0.134. The number of rotatable bonds is 6. The number of ether oxygens (including phenoxy) is 1. The molecule has 0 N–H and O–H groups in total. The topological polar surface area (TPSA) is 70.2 Å². The number of carbonyl (C=O) groups is 1. The number of carbonyl (C=O) groups excluding carboxylic acids is 1. The van der Waals surface area contributed by atoms with Crippen molar-refractivity contribution in [1.29, 1.82) is 0 Å². The van der Waals surface area contributed by atoms with Gasteiger partial charge in [-0.3, -0.25) is 4.79 Å². The van der Waals surface area contributed by atoms with Gasteiger partial charge in [0.25, 0.3) is 10.2 Å². The molecule has 0 aromatic heterocycles. The van der Waals surface area contributed by atoms with Gasteiger partial charge in [-0.15, -0.1) is 0 Å². The maximum absolute atomic E-state index is 12.8. The molecule has 3 rings (SSSR count). The molecule has 1 atom stereocenters. The first-order valence-electron chi connectivity index (χ1n) is 8.75. The number of hydrogen-bond acceptors (Lipinski definition) is 4. The van der Waals surface area contributed by atoms with Crippen molar-refractivity contribution in [3.8, 4) is 0 Å². The second-order valence-corrected chi connectivity index (χ2v) is 9.86. The first-order valence-corrected chi connectivity index (χ1v) is 10.2. The van der Waals surface area contributed by atoms with E-state index in [4.69, 9.17) is 4.74 Å². The molecule has 0 radical (unpaired) electrons. The van der Waals surface area contributed by atoms with Crippen LogP contribution in [0.15, 0.2) is 0 Å². The Balaban J connectivity index is 1.73. The molecule has 2 saturated heterocycles. The van der Waals surface area contributed by atoms with E-state index in [9.17, 15) is 13.2 Å². The van der Waals surface area contributed by atoms with Crippen LogP contribution in [0.3, 0.4) is 0 Å². The minimum atomic E-state index is -3.38. The Kier molecular flexibility index (Phi) is 4.94. The summed E-state index contributed by atoms with van der Waals surface area (Å²) in [5, 5.41) is 0. The second kappa shape index (κ2) is 6.55. The van der Waals surface area contributed by atoms with Gasteiger partial charge in [0.15, 0.2) is 0 Å². The number of likely N-dealkylation sites (tertiary alicyclic amines) is 1. The molecule has 1 spiro atoms. The maximum Gasteiger partial charge on any atom is 0.281 e. The summed E-state index contributed by atoms with van der Waals surface area (Å²) >= 11 is 0. The molecule has 138 valence electrons. The third kappa shape index (κ3) is 3.21. The van der Waals surface area contributed by atoms with Crippen molar-refractivity contribution in [2.75, 3.05) is 54.0 Å². The van der Waals surface area contributed by atoms with E-state index in [-0.39, 0.29) is 17.2 Å². The van der Waals surface area contributed by atoms with E-state index in [1.807, 2.05) is 4.90 Å². The highest BCUT2D eigenvalue weighted by Gasteiger charge is 2.54. The van der Waals surface area contributed by atoms with E-state index in [1.165, 1.54) is 21.5 Å². The van der Waals surface area contributed by atoms with Crippen LogP contribution in [0.2, 0.25) is 0 Å². The van der Waals surface area contributed by atoms with E-state index in [1.54, 1.807) is 21.2 Å². The third-order valence-electron chi connectivity index (χ3n) is 5.87. The second-order valence-electron chi connectivity index (χ2n) is 7.72. The van der Waals surface area contributed by atoms with Crippen molar-refractivity contribution < 1.29 is 17.9 Å². The number of hydrogen-bond donors (Lipinski definition) is 0. The van der Waals surface area contributed by atoms with Gasteiger partial charge in [-0.2, -0.15) is 17.0 Å². The van der Waals surface area contributed by atoms with Crippen LogP contribution in [0.4, 0.5) is 0 Å². The predicted octanol–water partition coefficient (Wildman–Crippen LogP) is 0.390. The molecular formula is C16H29N3O4S. The molecule has 2 aliphatic heterocycles. The van der Waals surface area contributed by atoms with E-state index < -0.39 is 10.2 Å². The van der Waals surface area contributed by atoms with Crippen LogP contribution in [-0.2, 0) is 19.7 Å². The summed E-state index contributed by atoms with van der Waals surface area (Å²) in [7, 11) is 1.38. The average Bonchev–Trinajstić information content (AvgIpc) is 3.31. The third-order valence-corrected chi connectivity index (χ3v) is 7.81. The molecule has 1 amide bonds. The lowest BCUT2D eigenvalue weighted by atomic mass is 9.71. The molecule has 0 bridgehead atoms. The van der Waals surface area contributed by atoms with Crippen molar-refractivity contribution in [3.63, 3.8) is 0 Å². The normalized spacial score (nSPS) is 28.2. The first kappa shape index (κ1) is 18.1. The Hall–Kier alpha value is -0.700. The number of methoxy groups -OCH3 is 1. The smallest absolute Gasteiger partial charge is 0.281 e. The van der Waals surface area contributed by atoms with Crippen LogP contribution >= 0.6 is 0 Å². The number of piperidine rings is 1. The molecule has 7 nitrogen and oxygen atoms in total. The zero-order valence-electron chi connectivity index (χ0n) is 14.9. The largest absolute Gasteiger partial charge is 0.384 e. The number of nitrogens with zero attached hydrogens (tertiary/aromatic N) is 3. The lowest BCUT2D eigenvalue weighted by molar-refractivity contribution is -0.133. The van der Waals surface area contributed by atoms with Gasteiger partial charge in [-0.1, -0.05) is 0 Å². The number of amides is 1. The first-order chi connectivity index (χ1) is 11.3. The molecule has 3 aliphatic rings. The maximum atomic E-state index is 12.8. The molecule has 0 aromatic rings. The summed E-state index contributed by atoms with van der Waals surface area (Å²) in [6, 6.07) is 0. The summed E-state index contributed by atoms with van der Waals surface area (Å²) in [5.74, 6) is 0.736. The van der Waals surface area contributed by atoms with Crippen molar-refractivity contribution >= 4 is 16.1 Å². The van der Waals surface area contributed by atoms with E-state index in [0.717, 1.165) is 25.9 Å². The van der Waals surface area contributed by atoms with Gasteiger partial charge < -0.3 is 9.64 Å². The highest BCUT2D eigenvalue weighted by molar-refractivity contribution is 7.86. The van der Waals surface area contributed by atoms with Crippen LogP contribution in [-0.4, -0.2) is 81.8 Å². The Morgan fingerprint density at radius 2 is 1.88 bits per heavy atom. The van der Waals surface area contributed by atoms with E-state index in [0.29, 0.717) is 25.6 Å². The Bertz CT molecular complexity index is 580. The van der Waals surface area contributed by atoms with Gasteiger partial charge in [0.1, 0.15) is 0 Å². The van der Waals surface area contributed by atoms with Gasteiger partial charge in [-0.25, -0.2) is 0 Å². The minimum Gasteiger partial charge on any atom is -0.384 e. The van der Waals surface area contributed by atoms with Crippen molar-refractivity contribution in [2.24, 2.45) is 17.3 Å². The molecule has 1 unspecified atom stereocenters. The summed E-state index contributed by atoms with van der Waals surface area (Å²) in [5.41, 5.74) is -0.139. The monoisotopic (exact) mass is 359 g/mol. The molecule has 1 saturated carbocycles. The summed E-state index contributed by atoms with van der Waals surface area (Å²) in [4.78, 5) is 14.8. The van der Waals surface area contributed by atoms with Crippen molar-refractivity contribution in [1.82, 2.24) is 13.5 Å². The van der Waals surface area contributed by atoms with Crippen molar-refractivity contribution in [3.05, 3.63) is 0 Å². The van der Waals surface area contributed by atoms with Crippen LogP contribution < -0.4 is 0 Å². The molecule has 0 aromatic carbocycles. The fraction of sp³-hybridized carbons (Fsp3) is 0.938. The van der Waals surface area contributed by atoms with Crippen LogP contribution in [0.1, 0.15) is 25.7 Å². The lowest BCUT2D eigenvalue weighted by Crippen LogP contribution is -2.50. The molecule has 24 heavy (non-hydrogen) atoms. The molecule has 8 heteroatoms. The van der Waals surface area contributed by atoms with E-state index in [2.05, 4.69) is 0 Å². The predicted molar refractivity (Wildman–Crippen MR) is 90.5 cm³/mol. The van der Waals surface area contributed by atoms with Gasteiger partial charge in [0, 0.05) is 52.8 Å². The molecule has 1 aliphatic carbocycles. The van der Waals surface area contributed by atoms with Gasteiger partial charge in [-0.05, 0) is 31.6 Å². The van der Waals surface area contributed by atoms with Crippen LogP contribution in [0.25, 0.3) is 0 Å². The Labute approximate surface area is 145 Å². The average molecular weight is 359 g/mol. The quantitative estimate of drug-likeness (QED) is 0.688. The molecule has 2 heterocycles. The fourth-order valence-corrected chi connectivity index (χ4v) is 5.24. The van der Waals surface area contributed by atoms with Gasteiger partial charge in [0.05, 0.1) is 12.5 Å². The van der Waals surface area contributed by atoms with Gasteiger partial charge in [0.2, 0.25) is 5.91 Å². The molecule has 3 fully saturated rings. The Morgan fingerprint density at radius 3 is 2.38 bits per heavy atom. The zero-order valence-corrected chi connectivity index (χ0v) is 15.7. The van der Waals surface area contributed by atoms with Gasteiger partial charge >= 0.3 is 0 Å². The SMILES string of the molecule is COCC1C(=O)N(CC2CC2)CC12CCN(S(=O)(=O)N(C)C)CC2. The fourth-order valence-electron chi connectivity index (χ4n) is 4.13. The Morgan fingerprint density at radius 1 is 1.25 bits per heavy atom. The summed E-state index contributed by atoms with van der Waals surface area (Å²) in [6.45, 7) is 3.00. The standard InChI is InChI=1S/C16H29N3O4S/c1-17(2)24(21,22)19-8-6-16(7-9-19)12-18(10-13-4-5-13)15(20)14(16)11-23-3/h13-14H,4-12H2,1-3H3. The van der Waals surface area contributed by atoms with E-state index >= 15 is 0 Å². The van der Waals surface area contributed by atoms with Crippen LogP contribution in [0.5, 0.6) is 0 Å². The molecular weight excluding hydrogens is 330 g/mol. The lowest BCUT2D eigenvalue weighted by Gasteiger charge is -2.41. The zero-order chi connectivity index (χ0) is 17.5. The van der Waals surface area contributed by atoms with Crippen molar-refractivity contribution in [2.45, 2.75) is 25.7 Å². The summed E-state index contributed by atoms with van der Waals surface area (Å²) in [6.07, 6.45) is 3.89. The van der Waals surface area contributed by atoms with Crippen LogP contribution in [0, 0.1) is 17.3 Å². The highest BCUT2D eigenvalue weighted by Crippen LogP contribution is 2.47. The highest BCUT2D eigenvalue weighted by atomic mass is 32.2.